The fraction of sp³-hybridized carbons (Fsp3) is 0.556. The van der Waals surface area contributed by atoms with Crippen LogP contribution < -0.4 is 31.9 Å². The molecule has 402 valence electrons. The number of esters is 1. The number of nitrogens with zero attached hydrogens (tertiary/aromatic N) is 1. The lowest BCUT2D eigenvalue weighted by Gasteiger charge is -2.32. The molecule has 0 aromatic heterocycles. The minimum absolute atomic E-state index is 0.00423. The van der Waals surface area contributed by atoms with E-state index in [0.29, 0.717) is 5.56 Å². The van der Waals surface area contributed by atoms with E-state index in [2.05, 4.69) is 38.8 Å². The van der Waals surface area contributed by atoms with Gasteiger partial charge in [0.05, 0.1) is 31.2 Å². The fourth-order valence-corrected chi connectivity index (χ4v) is 7.94. The molecule has 0 radical (unpaired) electrons. The molecule has 1 aliphatic rings. The van der Waals surface area contributed by atoms with Crippen molar-refractivity contribution in [3.8, 4) is 5.75 Å². The smallest absolute Gasteiger partial charge is 0.329 e. The zero-order chi connectivity index (χ0) is 54.2. The van der Waals surface area contributed by atoms with Crippen molar-refractivity contribution in [2.45, 2.75) is 155 Å². The second kappa shape index (κ2) is 31.1. The molecule has 3 rings (SSSR count). The molecule has 7 amide bonds. The average molecular weight is 1020 g/mol. The summed E-state index contributed by atoms with van der Waals surface area (Å²) in [5, 5.41) is 47.3. The van der Waals surface area contributed by atoms with Crippen LogP contribution in [-0.4, -0.2) is 136 Å². The van der Waals surface area contributed by atoms with Gasteiger partial charge in [-0.05, 0) is 53.9 Å². The number of aliphatic hydroxyl groups excluding tert-OH is 2. The maximum Gasteiger partial charge on any atom is 0.329 e. The van der Waals surface area contributed by atoms with Gasteiger partial charge < -0.3 is 56.9 Å². The number of aromatic hydroxyl groups is 1. The number of benzene rings is 2. The zero-order valence-corrected chi connectivity index (χ0v) is 43.6. The third-order valence-corrected chi connectivity index (χ3v) is 12.4. The minimum Gasteiger partial charge on any atom is -0.508 e. The first-order valence-electron chi connectivity index (χ1n) is 25.3. The van der Waals surface area contributed by atoms with E-state index in [4.69, 9.17) is 4.74 Å². The average Bonchev–Trinajstić information content (AvgIpc) is 3.34. The number of phenols is 1. The van der Waals surface area contributed by atoms with E-state index in [-0.39, 0.29) is 36.8 Å². The highest BCUT2D eigenvalue weighted by Crippen LogP contribution is 2.18. The Labute approximate surface area is 429 Å². The highest BCUT2D eigenvalue weighted by Gasteiger charge is 2.37. The van der Waals surface area contributed by atoms with Crippen molar-refractivity contribution in [2.24, 2.45) is 17.8 Å². The van der Waals surface area contributed by atoms with Gasteiger partial charge in [0.2, 0.25) is 41.4 Å². The first-order chi connectivity index (χ1) is 34.6. The number of hydrogen-bond donors (Lipinski definition) is 9. The summed E-state index contributed by atoms with van der Waals surface area (Å²) in [5.74, 6) is -6.72. The number of rotatable bonds is 26. The van der Waals surface area contributed by atoms with Crippen molar-refractivity contribution in [1.29, 1.82) is 0 Å². The van der Waals surface area contributed by atoms with Gasteiger partial charge >= 0.3 is 5.97 Å². The molecular weight excluding hydrogens is 939 g/mol. The molecule has 0 aliphatic carbocycles. The lowest BCUT2D eigenvalue weighted by Crippen LogP contribution is -2.59. The van der Waals surface area contributed by atoms with Gasteiger partial charge in [0.1, 0.15) is 42.6 Å². The summed E-state index contributed by atoms with van der Waals surface area (Å²) in [6, 6.07) is 7.02. The van der Waals surface area contributed by atoms with Gasteiger partial charge in [0.25, 0.3) is 0 Å². The van der Waals surface area contributed by atoms with Gasteiger partial charge in [-0.15, -0.1) is 0 Å². The van der Waals surface area contributed by atoms with Crippen molar-refractivity contribution in [2.75, 3.05) is 20.3 Å². The van der Waals surface area contributed by atoms with Crippen molar-refractivity contribution in [3.05, 3.63) is 90.0 Å². The number of unbranched alkanes of at least 4 members (excludes halogenated alkanes) is 4. The van der Waals surface area contributed by atoms with Crippen LogP contribution in [0.25, 0.3) is 0 Å². The molecule has 0 saturated heterocycles. The Morgan fingerprint density at radius 1 is 0.795 bits per heavy atom. The first-order valence-corrected chi connectivity index (χ1v) is 25.3. The van der Waals surface area contributed by atoms with Crippen LogP contribution >= 0.6 is 0 Å². The third-order valence-electron chi connectivity index (χ3n) is 12.4. The molecule has 8 atom stereocenters. The van der Waals surface area contributed by atoms with Gasteiger partial charge in [0, 0.05) is 32.4 Å². The molecule has 1 heterocycles. The molecule has 2 aromatic rings. The van der Waals surface area contributed by atoms with Crippen molar-refractivity contribution in [1.82, 2.24) is 36.8 Å². The van der Waals surface area contributed by atoms with Crippen molar-refractivity contribution in [3.63, 3.8) is 0 Å². The summed E-state index contributed by atoms with van der Waals surface area (Å²) in [5.41, 5.74) is 1.38. The molecule has 19 nitrogen and oxygen atoms in total. The van der Waals surface area contributed by atoms with Crippen molar-refractivity contribution >= 4 is 47.3 Å². The van der Waals surface area contributed by atoms with Crippen LogP contribution in [0.3, 0.4) is 0 Å². The number of cyclic esters (lactones) is 1. The predicted molar refractivity (Wildman–Crippen MR) is 275 cm³/mol. The number of ether oxygens (including phenoxy) is 1. The lowest BCUT2D eigenvalue weighted by atomic mass is 9.99. The highest BCUT2D eigenvalue weighted by atomic mass is 16.5. The standard InChI is InChI=1S/C54H79N7O12/c1-9-10-11-12-13-14-18-21-44(65)56-40(28-36-19-16-15-17-20-36)50(68)60-48(34(4)5)52(70)57-41(31-62)43(64)30-46(67)59-47(33(2)3)51(69)55-38-24-27-45(66)58-49(35(6)7)53(71)61(8)42(54(72)73-32-38)29-37-22-25-39(63)26-23-37/h14-20,22-27,33-35,38,40-43,47-49,62-64H,9-13,21,28-32H2,1-8H3,(H,55,69)(H,56,65)(H,57,70)(H,58,66)(H,59,67)(H,60,68)/b18-14-,27-24+/t38-,40+,41+,42+,43+,47+,48+,49+/m1/s1. The van der Waals surface area contributed by atoms with Gasteiger partial charge in [-0.25, -0.2) is 4.79 Å². The van der Waals surface area contributed by atoms with Crippen LogP contribution in [0.4, 0.5) is 0 Å². The zero-order valence-electron chi connectivity index (χ0n) is 43.6. The van der Waals surface area contributed by atoms with Crippen LogP contribution in [0.15, 0.2) is 78.9 Å². The molecule has 0 spiro atoms. The number of aliphatic hydroxyl groups is 2. The molecule has 19 heteroatoms. The number of phenolic OH excluding ortho intramolecular Hbond substituents is 1. The molecule has 0 bridgehead atoms. The Bertz CT molecular complexity index is 2180. The Morgan fingerprint density at radius 3 is 2.07 bits per heavy atom. The number of hydrogen-bond acceptors (Lipinski definition) is 12. The van der Waals surface area contributed by atoms with E-state index >= 15 is 0 Å². The first kappa shape index (κ1) is 60.7. The Balaban J connectivity index is 1.71. The number of amides is 7. The van der Waals surface area contributed by atoms with Gasteiger partial charge in [0.15, 0.2) is 0 Å². The van der Waals surface area contributed by atoms with E-state index in [0.717, 1.165) is 43.7 Å². The van der Waals surface area contributed by atoms with Crippen LogP contribution in [-0.2, 0) is 55.9 Å². The summed E-state index contributed by atoms with van der Waals surface area (Å²) in [7, 11) is 1.42. The second-order valence-corrected chi connectivity index (χ2v) is 19.6. The van der Waals surface area contributed by atoms with Gasteiger partial charge in [-0.3, -0.25) is 33.6 Å². The summed E-state index contributed by atoms with van der Waals surface area (Å²) in [6.07, 6.45) is 9.22. The van der Waals surface area contributed by atoms with Crippen LogP contribution in [0.5, 0.6) is 5.75 Å². The van der Waals surface area contributed by atoms with Crippen LogP contribution in [0.1, 0.15) is 105 Å². The second-order valence-electron chi connectivity index (χ2n) is 19.6. The fourth-order valence-electron chi connectivity index (χ4n) is 7.94. The number of carbonyl (C=O) groups excluding carboxylic acids is 8. The summed E-state index contributed by atoms with van der Waals surface area (Å²) in [6.45, 7) is 11.0. The summed E-state index contributed by atoms with van der Waals surface area (Å²) >= 11 is 0. The molecule has 2 aromatic carbocycles. The van der Waals surface area contributed by atoms with E-state index in [1.54, 1.807) is 59.8 Å². The largest absolute Gasteiger partial charge is 0.508 e. The topological polar surface area (TPSA) is 282 Å². The quantitative estimate of drug-likeness (QED) is 0.0374. The molecule has 73 heavy (non-hydrogen) atoms. The van der Waals surface area contributed by atoms with Crippen LogP contribution in [0.2, 0.25) is 0 Å². The molecule has 9 N–H and O–H groups in total. The van der Waals surface area contributed by atoms with Crippen molar-refractivity contribution < 1.29 is 58.4 Å². The number of allylic oxidation sites excluding steroid dienone is 1. The van der Waals surface area contributed by atoms with Gasteiger partial charge in [-0.2, -0.15) is 0 Å². The SMILES string of the molecule is CCCCCC/C=C\CC(=O)N[C@@H](Cc1ccccc1)C(=O)N[C@H](C(=O)N[C@@H](CO)[C@@H](O)CC(=O)N[C@H](C(=O)N[C@@H]1/C=C/C(=O)N[C@@H](C(C)C)C(=O)N(C)[C@@H](Cc2ccc(O)cc2)C(=O)OC1)C(C)C)C(C)C. The Morgan fingerprint density at radius 2 is 1.45 bits per heavy atom. The normalized spacial score (nSPS) is 19.1. The molecular formula is C54H79N7O12. The number of likely N-dealkylation sites (N-methyl/N-ethyl adjacent to an activating group) is 1. The molecule has 0 unspecified atom stereocenters. The number of carbonyl (C=O) groups is 8. The maximum absolute atomic E-state index is 13.9. The van der Waals surface area contributed by atoms with E-state index < -0.39 is 121 Å². The molecule has 0 saturated carbocycles. The van der Waals surface area contributed by atoms with Gasteiger partial charge in [-0.1, -0.05) is 128 Å². The summed E-state index contributed by atoms with van der Waals surface area (Å²) in [4.78, 5) is 110. The predicted octanol–water partition coefficient (Wildman–Crippen LogP) is 2.65. The van der Waals surface area contributed by atoms with E-state index in [1.807, 2.05) is 36.4 Å². The third kappa shape index (κ3) is 20.8. The van der Waals surface area contributed by atoms with E-state index in [1.165, 1.54) is 30.2 Å². The highest BCUT2D eigenvalue weighted by molar-refractivity contribution is 5.95. The monoisotopic (exact) mass is 1020 g/mol. The maximum atomic E-state index is 13.9. The van der Waals surface area contributed by atoms with E-state index in [9.17, 15) is 53.7 Å². The Kier molecular flexibility index (Phi) is 25.9. The molecule has 0 fully saturated rings. The molecule has 1 aliphatic heterocycles. The van der Waals surface area contributed by atoms with Crippen LogP contribution in [0, 0.1) is 17.8 Å². The lowest BCUT2D eigenvalue weighted by molar-refractivity contribution is -0.156. The summed E-state index contributed by atoms with van der Waals surface area (Å²) < 4.78 is 5.66. The Hall–Kier alpha value is -6.60. The number of nitrogens with one attached hydrogen (secondary N) is 6. The minimum atomic E-state index is -1.67.